The third-order valence-electron chi connectivity index (χ3n) is 2.66. The molecule has 86 valence electrons. The van der Waals surface area contributed by atoms with Crippen LogP contribution in [0, 0.1) is 0 Å². The zero-order valence-corrected chi connectivity index (χ0v) is 9.45. The first kappa shape index (κ1) is 11.0. The first-order valence-electron chi connectivity index (χ1n) is 5.34. The number of hydrogen-bond donors (Lipinski definition) is 3. The van der Waals surface area contributed by atoms with E-state index in [1.807, 2.05) is 26.0 Å². The van der Waals surface area contributed by atoms with Gasteiger partial charge in [0.1, 0.15) is 5.75 Å². The van der Waals surface area contributed by atoms with E-state index < -0.39 is 0 Å². The van der Waals surface area contributed by atoms with Gasteiger partial charge in [0.15, 0.2) is 0 Å². The Balaban J connectivity index is 2.06. The maximum atomic E-state index is 11.6. The van der Waals surface area contributed by atoms with Gasteiger partial charge in [-0.2, -0.15) is 0 Å². The first-order valence-corrected chi connectivity index (χ1v) is 5.34. The van der Waals surface area contributed by atoms with Gasteiger partial charge in [0, 0.05) is 0 Å². The largest absolute Gasteiger partial charge is 0.508 e. The summed E-state index contributed by atoms with van der Waals surface area (Å²) in [6, 6.07) is 6.73. The standard InChI is InChI=1S/C12H16N2O2/c1-12(2)13-10(11(16)14-12)7-8-3-5-9(15)6-4-8/h3-6,10,13,15H,7H2,1-2H3,(H,14,16). The van der Waals surface area contributed by atoms with Gasteiger partial charge in [0.05, 0.1) is 11.7 Å². The van der Waals surface area contributed by atoms with Crippen LogP contribution in [0.5, 0.6) is 5.75 Å². The molecule has 1 fully saturated rings. The van der Waals surface area contributed by atoms with E-state index in [1.54, 1.807) is 12.1 Å². The molecule has 0 aromatic heterocycles. The lowest BCUT2D eigenvalue weighted by molar-refractivity contribution is -0.120. The molecule has 4 nitrogen and oxygen atoms in total. The highest BCUT2D eigenvalue weighted by Gasteiger charge is 2.35. The van der Waals surface area contributed by atoms with Crippen LogP contribution in [-0.4, -0.2) is 22.7 Å². The summed E-state index contributed by atoms with van der Waals surface area (Å²) in [5, 5.41) is 15.3. The van der Waals surface area contributed by atoms with Crippen LogP contribution < -0.4 is 10.6 Å². The molecule has 2 rings (SSSR count). The maximum Gasteiger partial charge on any atom is 0.238 e. The second kappa shape index (κ2) is 3.79. The molecule has 1 heterocycles. The van der Waals surface area contributed by atoms with Crippen molar-refractivity contribution < 1.29 is 9.90 Å². The van der Waals surface area contributed by atoms with Crippen molar-refractivity contribution in [2.45, 2.75) is 32.0 Å². The summed E-state index contributed by atoms with van der Waals surface area (Å²) < 4.78 is 0. The fourth-order valence-corrected chi connectivity index (χ4v) is 1.94. The zero-order valence-electron chi connectivity index (χ0n) is 9.45. The summed E-state index contributed by atoms with van der Waals surface area (Å²) in [5.41, 5.74) is 0.696. The predicted octanol–water partition coefficient (Wildman–Crippen LogP) is 0.759. The van der Waals surface area contributed by atoms with E-state index >= 15 is 0 Å². The Hall–Kier alpha value is -1.55. The number of amides is 1. The number of aromatic hydroxyl groups is 1. The summed E-state index contributed by atoms with van der Waals surface area (Å²) in [5.74, 6) is 0.269. The van der Waals surface area contributed by atoms with Gasteiger partial charge in [-0.1, -0.05) is 12.1 Å². The number of rotatable bonds is 2. The molecule has 1 amide bonds. The fraction of sp³-hybridized carbons (Fsp3) is 0.417. The van der Waals surface area contributed by atoms with Gasteiger partial charge in [0.25, 0.3) is 0 Å². The smallest absolute Gasteiger partial charge is 0.238 e. The van der Waals surface area contributed by atoms with Crippen LogP contribution in [0.3, 0.4) is 0 Å². The van der Waals surface area contributed by atoms with Crippen LogP contribution in [0.2, 0.25) is 0 Å². The molecule has 0 bridgehead atoms. The number of nitrogens with one attached hydrogen (secondary N) is 2. The van der Waals surface area contributed by atoms with Crippen LogP contribution in [0.1, 0.15) is 19.4 Å². The molecule has 16 heavy (non-hydrogen) atoms. The minimum atomic E-state index is -0.335. The van der Waals surface area contributed by atoms with Crippen LogP contribution in [0.25, 0.3) is 0 Å². The Kier molecular flexibility index (Phi) is 2.59. The van der Waals surface area contributed by atoms with Crippen molar-refractivity contribution in [2.75, 3.05) is 0 Å². The third kappa shape index (κ3) is 2.33. The third-order valence-corrected chi connectivity index (χ3v) is 2.66. The highest BCUT2D eigenvalue weighted by Crippen LogP contribution is 2.15. The van der Waals surface area contributed by atoms with E-state index in [9.17, 15) is 4.79 Å². The van der Waals surface area contributed by atoms with E-state index in [0.29, 0.717) is 6.42 Å². The van der Waals surface area contributed by atoms with Gasteiger partial charge in [0.2, 0.25) is 5.91 Å². The minimum Gasteiger partial charge on any atom is -0.508 e. The molecule has 1 aromatic carbocycles. The lowest BCUT2D eigenvalue weighted by atomic mass is 10.1. The second-order valence-electron chi connectivity index (χ2n) is 4.68. The zero-order chi connectivity index (χ0) is 11.8. The molecule has 1 aliphatic rings. The van der Waals surface area contributed by atoms with E-state index in [4.69, 9.17) is 5.11 Å². The summed E-state index contributed by atoms with van der Waals surface area (Å²) in [6.07, 6.45) is 0.634. The van der Waals surface area contributed by atoms with E-state index in [1.165, 1.54) is 0 Å². The molecular formula is C12H16N2O2. The molecule has 1 aromatic rings. The Bertz CT molecular complexity index is 398. The van der Waals surface area contributed by atoms with Crippen molar-refractivity contribution in [3.63, 3.8) is 0 Å². The number of benzene rings is 1. The van der Waals surface area contributed by atoms with Crippen LogP contribution >= 0.6 is 0 Å². The van der Waals surface area contributed by atoms with Crippen molar-refractivity contribution in [1.29, 1.82) is 0 Å². The molecule has 1 aliphatic heterocycles. The van der Waals surface area contributed by atoms with Crippen LogP contribution in [0.4, 0.5) is 0 Å². The van der Waals surface area contributed by atoms with Crippen molar-refractivity contribution in [3.05, 3.63) is 29.8 Å². The maximum absolute atomic E-state index is 11.6. The molecule has 1 saturated heterocycles. The Morgan fingerprint density at radius 3 is 2.44 bits per heavy atom. The molecule has 1 atom stereocenters. The number of hydrogen-bond acceptors (Lipinski definition) is 3. The monoisotopic (exact) mass is 220 g/mol. The lowest BCUT2D eigenvalue weighted by Crippen LogP contribution is -2.44. The topological polar surface area (TPSA) is 61.4 Å². The van der Waals surface area contributed by atoms with Gasteiger partial charge >= 0.3 is 0 Å². The van der Waals surface area contributed by atoms with Crippen LogP contribution in [0.15, 0.2) is 24.3 Å². The average molecular weight is 220 g/mol. The molecule has 1 unspecified atom stereocenters. The van der Waals surface area contributed by atoms with Crippen molar-refractivity contribution in [3.8, 4) is 5.75 Å². The lowest BCUT2D eigenvalue weighted by Gasteiger charge is -2.18. The van der Waals surface area contributed by atoms with E-state index in [2.05, 4.69) is 10.6 Å². The SMILES string of the molecule is CC1(C)NC(=O)C(Cc2ccc(O)cc2)N1. The summed E-state index contributed by atoms with van der Waals surface area (Å²) in [6.45, 7) is 3.86. The summed E-state index contributed by atoms with van der Waals surface area (Å²) >= 11 is 0. The van der Waals surface area contributed by atoms with Gasteiger partial charge in [-0.15, -0.1) is 0 Å². The predicted molar refractivity (Wildman–Crippen MR) is 61.0 cm³/mol. The van der Waals surface area contributed by atoms with Gasteiger partial charge < -0.3 is 10.4 Å². The summed E-state index contributed by atoms with van der Waals surface area (Å²) in [7, 11) is 0. The summed E-state index contributed by atoms with van der Waals surface area (Å²) in [4.78, 5) is 11.6. The number of carbonyl (C=O) groups is 1. The average Bonchev–Trinajstić information content (AvgIpc) is 2.44. The highest BCUT2D eigenvalue weighted by molar-refractivity contribution is 5.85. The normalized spacial score (nSPS) is 23.1. The van der Waals surface area contributed by atoms with E-state index in [-0.39, 0.29) is 23.4 Å². The first-order chi connectivity index (χ1) is 7.46. The molecule has 0 aliphatic carbocycles. The van der Waals surface area contributed by atoms with Gasteiger partial charge in [-0.25, -0.2) is 0 Å². The Morgan fingerprint density at radius 1 is 1.31 bits per heavy atom. The van der Waals surface area contributed by atoms with Gasteiger partial charge in [-0.3, -0.25) is 10.1 Å². The highest BCUT2D eigenvalue weighted by atomic mass is 16.3. The molecule has 0 spiro atoms. The van der Waals surface area contributed by atoms with Crippen molar-refractivity contribution >= 4 is 5.91 Å². The molecule has 0 saturated carbocycles. The Labute approximate surface area is 94.7 Å². The molecular weight excluding hydrogens is 204 g/mol. The van der Waals surface area contributed by atoms with E-state index in [0.717, 1.165) is 5.56 Å². The van der Waals surface area contributed by atoms with Crippen molar-refractivity contribution in [1.82, 2.24) is 10.6 Å². The number of phenolic OH excluding ortho intramolecular Hbond substituents is 1. The molecule has 4 heteroatoms. The van der Waals surface area contributed by atoms with Crippen LogP contribution in [-0.2, 0) is 11.2 Å². The number of phenols is 1. The van der Waals surface area contributed by atoms with Crippen molar-refractivity contribution in [2.24, 2.45) is 0 Å². The minimum absolute atomic E-state index is 0.0260. The number of carbonyl (C=O) groups excluding carboxylic acids is 1. The van der Waals surface area contributed by atoms with Gasteiger partial charge in [-0.05, 0) is 38.0 Å². The molecule has 0 radical (unpaired) electrons. The molecule has 3 N–H and O–H groups in total. The second-order valence-corrected chi connectivity index (χ2v) is 4.68. The fourth-order valence-electron chi connectivity index (χ4n) is 1.94. The quantitative estimate of drug-likeness (QED) is 0.689. The Morgan fingerprint density at radius 2 is 1.94 bits per heavy atom.